The van der Waals surface area contributed by atoms with Crippen molar-refractivity contribution >= 4 is 23.9 Å². The van der Waals surface area contributed by atoms with Crippen LogP contribution >= 0.6 is 0 Å². The monoisotopic (exact) mass is 950 g/mol. The number of hydrogen-bond acceptors (Lipinski definition) is 10. The van der Waals surface area contributed by atoms with Gasteiger partial charge in [-0.1, -0.05) is 144 Å². The summed E-state index contributed by atoms with van der Waals surface area (Å²) in [6.07, 6.45) is 0.953. The van der Waals surface area contributed by atoms with Crippen molar-refractivity contribution in [3.05, 3.63) is 151 Å². The summed E-state index contributed by atoms with van der Waals surface area (Å²) < 4.78 is 37.4. The van der Waals surface area contributed by atoms with Crippen molar-refractivity contribution in [3.8, 4) is 23.0 Å². The van der Waals surface area contributed by atoms with Crippen LogP contribution in [0, 0.1) is 0 Å². The summed E-state index contributed by atoms with van der Waals surface area (Å²) in [5.74, 6) is -0.723. The minimum absolute atomic E-state index is 0.0613. The van der Waals surface area contributed by atoms with Gasteiger partial charge in [-0.15, -0.1) is 0 Å². The molecule has 0 saturated carbocycles. The fourth-order valence-corrected chi connectivity index (χ4v) is 9.06. The van der Waals surface area contributed by atoms with E-state index in [4.69, 9.17) is 28.4 Å². The Morgan fingerprint density at radius 2 is 0.700 bits per heavy atom. The van der Waals surface area contributed by atoms with Crippen LogP contribution in [-0.4, -0.2) is 50.3 Å². The van der Waals surface area contributed by atoms with E-state index in [1.165, 1.54) is 0 Å². The first kappa shape index (κ1) is 51.4. The van der Waals surface area contributed by atoms with Crippen molar-refractivity contribution in [2.24, 2.45) is 0 Å². The number of ether oxygens (including phenoxy) is 6. The lowest BCUT2D eigenvalue weighted by molar-refractivity contribution is -0.146. The van der Waals surface area contributed by atoms with Gasteiger partial charge in [-0.3, -0.25) is 0 Å². The van der Waals surface area contributed by atoms with E-state index >= 15 is 0 Å². The number of benzene rings is 5. The second-order valence-corrected chi connectivity index (χ2v) is 22.7. The SMILES string of the molecule is CCOC(=O)COc1c2cc(C(C)(C)C)cc1Cc1cc(C(C)(C)C)cc3c1OC(=O)c1ccccc1C(=O)Oc1c(cc(C(C)(C)C)cc1C3)Cc1cc(C(C)(C)C)cc(c1OCC(=O)OCC)C2. The summed E-state index contributed by atoms with van der Waals surface area (Å²) in [5, 5.41) is 0. The minimum atomic E-state index is -0.699. The number of carbonyl (C=O) groups excluding carboxylic acids is 4. The van der Waals surface area contributed by atoms with Crippen molar-refractivity contribution in [3.63, 3.8) is 0 Å². The normalized spacial score (nSPS) is 14.0. The fraction of sp³-hybridized carbons (Fsp3) is 0.433. The van der Waals surface area contributed by atoms with Gasteiger partial charge in [-0.25, -0.2) is 19.2 Å². The van der Waals surface area contributed by atoms with Crippen LogP contribution in [-0.2, 0) is 66.4 Å². The Labute approximate surface area is 414 Å². The van der Waals surface area contributed by atoms with Crippen molar-refractivity contribution in [1.82, 2.24) is 0 Å². The first-order valence-electron chi connectivity index (χ1n) is 24.5. The van der Waals surface area contributed by atoms with Gasteiger partial charge in [0, 0.05) is 47.9 Å². The number of rotatable bonds is 8. The molecule has 0 atom stereocenters. The number of carbonyl (C=O) groups is 4. The molecule has 0 saturated heterocycles. The van der Waals surface area contributed by atoms with Gasteiger partial charge in [0.15, 0.2) is 13.2 Å². The lowest BCUT2D eigenvalue weighted by atomic mass is 9.79. The van der Waals surface area contributed by atoms with Gasteiger partial charge < -0.3 is 28.4 Å². The molecule has 1 aliphatic carbocycles. The summed E-state index contributed by atoms with van der Waals surface area (Å²) in [6.45, 7) is 29.0. The molecular weight excluding hydrogens is 881 g/mol. The molecular formula is C60H70O10. The zero-order valence-electron chi connectivity index (χ0n) is 43.7. The molecule has 0 fully saturated rings. The Morgan fingerprint density at radius 3 is 0.971 bits per heavy atom. The van der Waals surface area contributed by atoms with Crippen LogP contribution in [0.15, 0.2) is 72.8 Å². The van der Waals surface area contributed by atoms with E-state index in [2.05, 4.69) is 132 Å². The topological polar surface area (TPSA) is 124 Å². The Hall–Kier alpha value is -6.42. The highest BCUT2D eigenvalue weighted by Crippen LogP contribution is 2.45. The van der Waals surface area contributed by atoms with Crippen LogP contribution in [0.25, 0.3) is 0 Å². The summed E-state index contributed by atoms with van der Waals surface area (Å²) >= 11 is 0. The maximum atomic E-state index is 14.7. The molecule has 5 aromatic rings. The van der Waals surface area contributed by atoms with Gasteiger partial charge in [-0.2, -0.15) is 0 Å². The maximum absolute atomic E-state index is 14.7. The molecule has 70 heavy (non-hydrogen) atoms. The summed E-state index contributed by atoms with van der Waals surface area (Å²) in [4.78, 5) is 55.8. The molecule has 0 radical (unpaired) electrons. The average Bonchev–Trinajstić information content (AvgIpc) is 3.27. The van der Waals surface area contributed by atoms with E-state index in [0.717, 1.165) is 55.6 Å². The molecule has 10 nitrogen and oxygen atoms in total. The molecule has 10 heteroatoms. The van der Waals surface area contributed by atoms with E-state index in [-0.39, 0.29) is 84.9 Å². The first-order chi connectivity index (χ1) is 32.7. The van der Waals surface area contributed by atoms with Gasteiger partial charge in [0.1, 0.15) is 23.0 Å². The summed E-state index contributed by atoms with van der Waals surface area (Å²) in [5.41, 5.74) is 8.73. The molecule has 0 spiro atoms. The lowest BCUT2D eigenvalue weighted by Crippen LogP contribution is -2.20. The summed E-state index contributed by atoms with van der Waals surface area (Å²) in [6, 6.07) is 23.4. The van der Waals surface area contributed by atoms with Crippen LogP contribution in [0.1, 0.15) is 184 Å². The van der Waals surface area contributed by atoms with Crippen molar-refractivity contribution in [1.29, 1.82) is 0 Å². The second kappa shape index (κ2) is 19.8. The van der Waals surface area contributed by atoms with Crippen LogP contribution < -0.4 is 18.9 Å². The molecule has 1 aliphatic heterocycles. The van der Waals surface area contributed by atoms with Crippen LogP contribution in [0.5, 0.6) is 23.0 Å². The molecule has 1 heterocycles. The molecule has 370 valence electrons. The lowest BCUT2D eigenvalue weighted by Gasteiger charge is -2.29. The Kier molecular flexibility index (Phi) is 14.5. The quantitative estimate of drug-likeness (QED) is 0.108. The van der Waals surface area contributed by atoms with Crippen molar-refractivity contribution < 1.29 is 47.6 Å². The molecule has 0 amide bonds. The molecule has 7 rings (SSSR count). The van der Waals surface area contributed by atoms with Crippen molar-refractivity contribution in [2.75, 3.05) is 26.4 Å². The van der Waals surface area contributed by atoms with Gasteiger partial charge in [0.2, 0.25) is 0 Å². The van der Waals surface area contributed by atoms with Crippen LogP contribution in [0.3, 0.4) is 0 Å². The van der Waals surface area contributed by atoms with Crippen molar-refractivity contribution in [2.45, 2.75) is 144 Å². The molecule has 0 aromatic heterocycles. The first-order valence-corrected chi connectivity index (χ1v) is 24.5. The van der Waals surface area contributed by atoms with Crippen LogP contribution in [0.2, 0.25) is 0 Å². The smallest absolute Gasteiger partial charge is 0.344 e. The van der Waals surface area contributed by atoms with Gasteiger partial charge in [-0.05, 0) is 92.1 Å². The summed E-state index contributed by atoms with van der Waals surface area (Å²) in [7, 11) is 0. The van der Waals surface area contributed by atoms with Gasteiger partial charge >= 0.3 is 23.9 Å². The number of hydrogen-bond donors (Lipinski definition) is 0. The van der Waals surface area contributed by atoms with E-state index in [0.29, 0.717) is 34.1 Å². The van der Waals surface area contributed by atoms with Gasteiger partial charge in [0.25, 0.3) is 0 Å². The standard InChI is InChI=1S/C60H70O10/c1-15-65-49(61)33-67-51-35-21-36-26-44(58(6,7)8)28-38(52(36)68-34-50(62)66-16-2)23-40-30-46(60(12,13)14)32-42-24-41-31-45(59(9,10)11)29-39(22-37(51)27-43(25-35)57(3,4)5)53(41)69-55(63)47-19-17-18-20-48(47)56(64)70-54(40)42/h17-20,25-32H,15-16,21-24,33-34H2,1-14H3. The number of fused-ring (bicyclic) bond motifs is 5. The Morgan fingerprint density at radius 1 is 0.443 bits per heavy atom. The zero-order chi connectivity index (χ0) is 51.1. The third-order valence-electron chi connectivity index (χ3n) is 13.0. The largest absolute Gasteiger partial charge is 0.481 e. The molecule has 0 unspecified atom stereocenters. The third-order valence-corrected chi connectivity index (χ3v) is 13.0. The maximum Gasteiger partial charge on any atom is 0.344 e. The minimum Gasteiger partial charge on any atom is -0.481 e. The molecule has 0 N–H and O–H groups in total. The zero-order valence-corrected chi connectivity index (χ0v) is 43.7. The molecule has 5 aromatic carbocycles. The van der Waals surface area contributed by atoms with E-state index in [1.54, 1.807) is 38.1 Å². The number of esters is 4. The predicted octanol–water partition coefficient (Wildman–Crippen LogP) is 12.2. The van der Waals surface area contributed by atoms with E-state index in [9.17, 15) is 19.2 Å². The Balaban J connectivity index is 1.69. The Bertz CT molecular complexity index is 2660. The molecule has 2 aliphatic rings. The second-order valence-electron chi connectivity index (χ2n) is 22.7. The van der Waals surface area contributed by atoms with E-state index in [1.807, 2.05) is 0 Å². The average molecular weight is 951 g/mol. The van der Waals surface area contributed by atoms with Gasteiger partial charge in [0.05, 0.1) is 24.3 Å². The highest BCUT2D eigenvalue weighted by Gasteiger charge is 2.33. The third kappa shape index (κ3) is 11.4. The fourth-order valence-electron chi connectivity index (χ4n) is 9.06. The predicted molar refractivity (Wildman–Crippen MR) is 272 cm³/mol. The van der Waals surface area contributed by atoms with E-state index < -0.39 is 23.9 Å². The highest BCUT2D eigenvalue weighted by atomic mass is 16.6. The van der Waals surface area contributed by atoms with Crippen LogP contribution in [0.4, 0.5) is 0 Å². The highest BCUT2D eigenvalue weighted by molar-refractivity contribution is 6.04. The molecule has 10 bridgehead atoms.